The van der Waals surface area contributed by atoms with Crippen LogP contribution in [0.1, 0.15) is 71.6 Å². The molecule has 4 N–H and O–H groups in total. The minimum absolute atomic E-state index is 0.250. The third kappa shape index (κ3) is 8.78. The second-order valence-corrected chi connectivity index (χ2v) is 8.78. The maximum Gasteiger partial charge on any atom is 0.451 e. The molecule has 150 valence electrons. The number of nitrogens with two attached hydrogens (primary N) is 1. The van der Waals surface area contributed by atoms with Crippen LogP contribution in [0.3, 0.4) is 0 Å². The van der Waals surface area contributed by atoms with Gasteiger partial charge in [-0.15, -0.1) is 0 Å². The largest absolute Gasteiger partial charge is 0.451 e. The van der Waals surface area contributed by atoms with E-state index in [2.05, 4.69) is 18.7 Å². The Morgan fingerprint density at radius 1 is 1.12 bits per heavy atom. The van der Waals surface area contributed by atoms with Crippen LogP contribution in [-0.4, -0.2) is 53.4 Å². The second-order valence-electron chi connectivity index (χ2n) is 8.78. The van der Waals surface area contributed by atoms with Crippen LogP contribution < -0.4 is 5.73 Å². The highest BCUT2D eigenvalue weighted by molar-refractivity contribution is 6.40. The summed E-state index contributed by atoms with van der Waals surface area (Å²) in [4.78, 5) is 19.0. The Balaban J connectivity index is 0.00000105. The fourth-order valence-corrected chi connectivity index (χ4v) is 4.40. The molecule has 1 saturated heterocycles. The van der Waals surface area contributed by atoms with Gasteiger partial charge in [0.05, 0.1) is 0 Å². The van der Waals surface area contributed by atoms with Crippen molar-refractivity contribution >= 4 is 13.3 Å². The zero-order chi connectivity index (χ0) is 19.6. The summed E-state index contributed by atoms with van der Waals surface area (Å²) < 4.78 is 0. The summed E-state index contributed by atoms with van der Waals surface area (Å²) in [7, 11) is -1.16. The fourth-order valence-electron chi connectivity index (χ4n) is 4.40. The van der Waals surface area contributed by atoms with Gasteiger partial charge >= 0.3 is 13.3 Å². The summed E-state index contributed by atoms with van der Waals surface area (Å²) >= 11 is 0. The first-order chi connectivity index (χ1) is 12.3. The molecule has 26 heavy (non-hydrogen) atoms. The highest BCUT2D eigenvalue weighted by Crippen LogP contribution is 2.38. The Morgan fingerprint density at radius 2 is 1.65 bits per heavy atom. The number of rotatable bonds is 7. The Bertz CT molecular complexity index is 410. The first kappa shape index (κ1) is 23.3. The van der Waals surface area contributed by atoms with Gasteiger partial charge in [0.2, 0.25) is 0 Å². The lowest BCUT2D eigenvalue weighted by Gasteiger charge is -2.43. The molecule has 0 radical (unpaired) electrons. The molecule has 1 unspecified atom stereocenters. The van der Waals surface area contributed by atoms with E-state index in [1.54, 1.807) is 0 Å². The van der Waals surface area contributed by atoms with Crippen molar-refractivity contribution in [3.8, 4) is 0 Å². The molecule has 1 heterocycles. The van der Waals surface area contributed by atoms with E-state index >= 15 is 0 Å². The van der Waals surface area contributed by atoms with Crippen molar-refractivity contribution in [2.75, 3.05) is 13.1 Å². The van der Waals surface area contributed by atoms with E-state index in [0.717, 1.165) is 25.3 Å². The highest BCUT2D eigenvalue weighted by atomic mass is 16.4. The molecule has 2 aliphatic rings. The average Bonchev–Trinajstić information content (AvgIpc) is 2.59. The van der Waals surface area contributed by atoms with Gasteiger partial charge in [-0.05, 0) is 75.7 Å². The molecule has 0 aromatic heterocycles. The molecule has 0 bridgehead atoms. The van der Waals surface area contributed by atoms with Crippen LogP contribution in [0.15, 0.2) is 0 Å². The molecule has 1 atom stereocenters. The molecule has 6 nitrogen and oxygen atoms in total. The van der Waals surface area contributed by atoms with E-state index in [-0.39, 0.29) is 6.15 Å². The standard InChI is InChI=1S/C18H37BN2O2.CO2/c1-18(2)10-6-16(7-11-18)21-13-8-15(9-14-21)17(20)5-3-4-12-19(22)23;2-1-3/h15-17,22-23H,3-14,20H2,1-2H3;. The number of unbranched alkanes of at least 4 members (excludes halogenated alkanes) is 1. The van der Waals surface area contributed by atoms with Crippen molar-refractivity contribution in [3.63, 3.8) is 0 Å². The van der Waals surface area contributed by atoms with Crippen LogP contribution >= 0.6 is 0 Å². The lowest BCUT2D eigenvalue weighted by Crippen LogP contribution is -2.46. The Hall–Kier alpha value is -0.715. The monoisotopic (exact) mass is 368 g/mol. The van der Waals surface area contributed by atoms with Crippen LogP contribution in [0.5, 0.6) is 0 Å². The molecule has 1 aliphatic carbocycles. The van der Waals surface area contributed by atoms with Crippen LogP contribution in [0.2, 0.25) is 6.32 Å². The van der Waals surface area contributed by atoms with E-state index in [1.165, 1.54) is 51.6 Å². The van der Waals surface area contributed by atoms with E-state index in [9.17, 15) is 0 Å². The van der Waals surface area contributed by atoms with Gasteiger partial charge in [0.15, 0.2) is 0 Å². The molecule has 1 saturated carbocycles. The number of hydrogen-bond acceptors (Lipinski definition) is 6. The van der Waals surface area contributed by atoms with E-state index in [4.69, 9.17) is 25.4 Å². The van der Waals surface area contributed by atoms with Crippen LogP contribution in [0, 0.1) is 11.3 Å². The van der Waals surface area contributed by atoms with E-state index in [0.29, 0.717) is 23.7 Å². The summed E-state index contributed by atoms with van der Waals surface area (Å²) in [5.41, 5.74) is 6.94. The summed E-state index contributed by atoms with van der Waals surface area (Å²) in [6.45, 7) is 7.26. The molecule has 2 fully saturated rings. The Labute approximate surface area is 158 Å². The van der Waals surface area contributed by atoms with Crippen molar-refractivity contribution in [2.45, 2.75) is 90.0 Å². The Morgan fingerprint density at radius 3 is 2.15 bits per heavy atom. The van der Waals surface area contributed by atoms with Crippen LogP contribution in [0.4, 0.5) is 0 Å². The second kappa shape index (κ2) is 11.9. The molecular formula is C19H37BN2O4. The molecule has 1 aliphatic heterocycles. The topological polar surface area (TPSA) is 104 Å². The Kier molecular flexibility index (Phi) is 10.7. The molecule has 7 heteroatoms. The quantitative estimate of drug-likeness (QED) is 0.469. The van der Waals surface area contributed by atoms with Crippen molar-refractivity contribution in [1.29, 1.82) is 0 Å². The number of piperidine rings is 1. The predicted molar refractivity (Wildman–Crippen MR) is 102 cm³/mol. The molecule has 0 amide bonds. The van der Waals surface area contributed by atoms with Gasteiger partial charge in [-0.2, -0.15) is 9.59 Å². The SMILES string of the molecule is CC1(C)CCC(N2CCC(C(N)CCCCB(O)O)CC2)CC1.O=C=O. The molecular weight excluding hydrogens is 331 g/mol. The number of nitrogens with zero attached hydrogens (tertiary/aromatic N) is 1. The van der Waals surface area contributed by atoms with E-state index in [1.807, 2.05) is 0 Å². The lowest BCUT2D eigenvalue weighted by molar-refractivity contribution is -0.191. The molecule has 0 spiro atoms. The molecule has 0 aromatic rings. The van der Waals surface area contributed by atoms with Gasteiger partial charge < -0.3 is 20.7 Å². The zero-order valence-corrected chi connectivity index (χ0v) is 16.5. The first-order valence-electron chi connectivity index (χ1n) is 10.1. The highest BCUT2D eigenvalue weighted by Gasteiger charge is 2.32. The average molecular weight is 368 g/mol. The normalized spacial score (nSPS) is 22.8. The smallest absolute Gasteiger partial charge is 0.427 e. The van der Waals surface area contributed by atoms with Crippen LogP contribution in [-0.2, 0) is 9.59 Å². The minimum Gasteiger partial charge on any atom is -0.427 e. The van der Waals surface area contributed by atoms with Gasteiger partial charge in [-0.3, -0.25) is 0 Å². The van der Waals surface area contributed by atoms with Gasteiger partial charge in [0.25, 0.3) is 0 Å². The minimum atomic E-state index is -1.16. The third-order valence-corrected chi connectivity index (χ3v) is 6.25. The van der Waals surface area contributed by atoms with Gasteiger partial charge in [0.1, 0.15) is 0 Å². The van der Waals surface area contributed by atoms with Gasteiger partial charge in [0, 0.05) is 12.1 Å². The number of carbonyl (C=O) groups excluding carboxylic acids is 2. The van der Waals surface area contributed by atoms with Crippen molar-refractivity contribution in [3.05, 3.63) is 0 Å². The summed E-state index contributed by atoms with van der Waals surface area (Å²) in [5, 5.41) is 17.7. The van der Waals surface area contributed by atoms with Crippen LogP contribution in [0.25, 0.3) is 0 Å². The fraction of sp³-hybridized carbons (Fsp3) is 0.947. The summed E-state index contributed by atoms with van der Waals surface area (Å²) in [5.74, 6) is 0.658. The van der Waals surface area contributed by atoms with E-state index < -0.39 is 7.12 Å². The van der Waals surface area contributed by atoms with Crippen molar-refractivity contribution < 1.29 is 19.6 Å². The third-order valence-electron chi connectivity index (χ3n) is 6.25. The van der Waals surface area contributed by atoms with Crippen molar-refractivity contribution in [1.82, 2.24) is 4.90 Å². The maximum absolute atomic E-state index is 8.87. The van der Waals surface area contributed by atoms with Crippen molar-refractivity contribution in [2.24, 2.45) is 17.1 Å². The number of likely N-dealkylation sites (tertiary alicyclic amines) is 1. The summed E-state index contributed by atoms with van der Waals surface area (Å²) in [6.07, 6.45) is 11.6. The number of hydrogen-bond donors (Lipinski definition) is 3. The predicted octanol–water partition coefficient (Wildman–Crippen LogP) is 2.05. The molecule has 0 aromatic carbocycles. The first-order valence-corrected chi connectivity index (χ1v) is 10.1. The van der Waals surface area contributed by atoms with Gasteiger partial charge in [-0.1, -0.05) is 26.7 Å². The summed E-state index contributed by atoms with van der Waals surface area (Å²) in [6, 6.07) is 1.10. The zero-order valence-electron chi connectivity index (χ0n) is 16.5. The maximum atomic E-state index is 8.87. The lowest BCUT2D eigenvalue weighted by atomic mass is 9.74. The van der Waals surface area contributed by atoms with Gasteiger partial charge in [-0.25, -0.2) is 0 Å². The molecule has 2 rings (SSSR count).